The van der Waals surface area contributed by atoms with Gasteiger partial charge in [0.05, 0.1) is 5.69 Å². The van der Waals surface area contributed by atoms with E-state index < -0.39 is 0 Å². The standard InChI is InChI=1S/C21H19FN2OS/c22-19-8-4-3-7-18(19)21-23-17(14-26-21)9-10-20(25)24-12-11-15-5-1-2-6-16(15)13-24/h1-8,14H,9-13H2. The van der Waals surface area contributed by atoms with E-state index in [9.17, 15) is 9.18 Å². The third kappa shape index (κ3) is 3.53. The molecule has 0 bridgehead atoms. The molecule has 1 aromatic heterocycles. The van der Waals surface area contributed by atoms with Crippen LogP contribution in [0.2, 0.25) is 0 Å². The summed E-state index contributed by atoms with van der Waals surface area (Å²) >= 11 is 1.42. The molecule has 26 heavy (non-hydrogen) atoms. The Morgan fingerprint density at radius 2 is 1.88 bits per heavy atom. The monoisotopic (exact) mass is 366 g/mol. The Hall–Kier alpha value is -2.53. The molecule has 0 unspecified atom stereocenters. The van der Waals surface area contributed by atoms with E-state index in [2.05, 4.69) is 17.1 Å². The maximum Gasteiger partial charge on any atom is 0.223 e. The van der Waals surface area contributed by atoms with Crippen LogP contribution in [-0.4, -0.2) is 22.3 Å². The van der Waals surface area contributed by atoms with Crippen molar-refractivity contribution in [2.45, 2.75) is 25.8 Å². The number of carbonyl (C=O) groups is 1. The summed E-state index contributed by atoms with van der Waals surface area (Å²) in [4.78, 5) is 19.0. The van der Waals surface area contributed by atoms with Gasteiger partial charge in [0.2, 0.25) is 5.91 Å². The number of benzene rings is 2. The van der Waals surface area contributed by atoms with Crippen LogP contribution < -0.4 is 0 Å². The summed E-state index contributed by atoms with van der Waals surface area (Å²) in [6, 6.07) is 14.9. The molecule has 1 amide bonds. The molecule has 4 rings (SSSR count). The predicted molar refractivity (Wildman–Crippen MR) is 101 cm³/mol. The first kappa shape index (κ1) is 16.9. The molecule has 0 spiro atoms. The molecule has 0 saturated carbocycles. The molecule has 2 heterocycles. The maximum absolute atomic E-state index is 13.9. The average Bonchev–Trinajstić information content (AvgIpc) is 3.15. The van der Waals surface area contributed by atoms with Gasteiger partial charge in [-0.15, -0.1) is 11.3 Å². The van der Waals surface area contributed by atoms with Crippen molar-refractivity contribution in [1.82, 2.24) is 9.88 Å². The number of amides is 1. The Kier molecular flexibility index (Phi) is 4.80. The van der Waals surface area contributed by atoms with Gasteiger partial charge < -0.3 is 4.90 Å². The SMILES string of the molecule is O=C(CCc1csc(-c2ccccc2F)n1)N1CCc2ccccc2C1. The van der Waals surface area contributed by atoms with Crippen LogP contribution >= 0.6 is 11.3 Å². The van der Waals surface area contributed by atoms with Crippen LogP contribution in [0.3, 0.4) is 0 Å². The smallest absolute Gasteiger partial charge is 0.223 e. The Labute approximate surface area is 156 Å². The van der Waals surface area contributed by atoms with Gasteiger partial charge in [0.15, 0.2) is 0 Å². The van der Waals surface area contributed by atoms with Crippen molar-refractivity contribution >= 4 is 17.2 Å². The lowest BCUT2D eigenvalue weighted by Crippen LogP contribution is -2.36. The number of aromatic nitrogens is 1. The first-order chi connectivity index (χ1) is 12.7. The molecule has 0 radical (unpaired) electrons. The van der Waals surface area contributed by atoms with Crippen LogP contribution in [0.15, 0.2) is 53.9 Å². The quantitative estimate of drug-likeness (QED) is 0.683. The highest BCUT2D eigenvalue weighted by Gasteiger charge is 2.20. The first-order valence-electron chi connectivity index (χ1n) is 8.74. The molecule has 0 N–H and O–H groups in total. The molecule has 132 valence electrons. The molecular formula is C21H19FN2OS. The van der Waals surface area contributed by atoms with E-state index in [0.717, 1.165) is 18.7 Å². The van der Waals surface area contributed by atoms with E-state index >= 15 is 0 Å². The molecule has 0 aliphatic carbocycles. The van der Waals surface area contributed by atoms with E-state index in [-0.39, 0.29) is 11.7 Å². The van der Waals surface area contributed by atoms with Gasteiger partial charge in [-0.1, -0.05) is 36.4 Å². The summed E-state index contributed by atoms with van der Waals surface area (Å²) < 4.78 is 13.9. The zero-order valence-corrected chi connectivity index (χ0v) is 15.1. The molecule has 0 saturated heterocycles. The topological polar surface area (TPSA) is 33.2 Å². The average molecular weight is 366 g/mol. The van der Waals surface area contributed by atoms with Crippen molar-refractivity contribution in [1.29, 1.82) is 0 Å². The van der Waals surface area contributed by atoms with Crippen molar-refractivity contribution in [2.75, 3.05) is 6.54 Å². The fraction of sp³-hybridized carbons (Fsp3) is 0.238. The Morgan fingerprint density at radius 3 is 2.73 bits per heavy atom. The van der Waals surface area contributed by atoms with E-state index in [1.807, 2.05) is 22.4 Å². The van der Waals surface area contributed by atoms with Crippen LogP contribution in [0.1, 0.15) is 23.2 Å². The number of hydrogen-bond acceptors (Lipinski definition) is 3. The summed E-state index contributed by atoms with van der Waals surface area (Å²) in [6.45, 7) is 1.46. The molecule has 0 fully saturated rings. The second kappa shape index (κ2) is 7.38. The second-order valence-corrected chi connectivity index (χ2v) is 7.32. The van der Waals surface area contributed by atoms with Crippen molar-refractivity contribution in [3.05, 3.63) is 76.5 Å². The summed E-state index contributed by atoms with van der Waals surface area (Å²) in [5.41, 5.74) is 3.94. The molecule has 2 aromatic carbocycles. The van der Waals surface area contributed by atoms with Crippen molar-refractivity contribution in [3.63, 3.8) is 0 Å². The number of rotatable bonds is 4. The molecule has 1 aliphatic heterocycles. The number of fused-ring (bicyclic) bond motifs is 1. The fourth-order valence-electron chi connectivity index (χ4n) is 3.28. The lowest BCUT2D eigenvalue weighted by molar-refractivity contribution is -0.132. The van der Waals surface area contributed by atoms with Gasteiger partial charge in [0.1, 0.15) is 10.8 Å². The molecule has 5 heteroatoms. The minimum atomic E-state index is -0.267. The number of aryl methyl sites for hydroxylation is 1. The van der Waals surface area contributed by atoms with Crippen molar-refractivity contribution < 1.29 is 9.18 Å². The van der Waals surface area contributed by atoms with Crippen LogP contribution in [0.4, 0.5) is 4.39 Å². The molecule has 0 atom stereocenters. The van der Waals surface area contributed by atoms with Gasteiger partial charge >= 0.3 is 0 Å². The van der Waals surface area contributed by atoms with E-state index in [1.165, 1.54) is 28.5 Å². The second-order valence-electron chi connectivity index (χ2n) is 6.46. The van der Waals surface area contributed by atoms with Crippen LogP contribution in [0, 0.1) is 5.82 Å². The fourth-order valence-corrected chi connectivity index (χ4v) is 4.16. The number of halogens is 1. The van der Waals surface area contributed by atoms with Gasteiger partial charge in [0, 0.05) is 30.5 Å². The molecule has 1 aliphatic rings. The number of thiazole rings is 1. The third-order valence-corrected chi connectivity index (χ3v) is 5.66. The normalized spacial score (nSPS) is 13.5. The zero-order valence-electron chi connectivity index (χ0n) is 14.3. The van der Waals surface area contributed by atoms with Crippen molar-refractivity contribution in [3.8, 4) is 10.6 Å². The summed E-state index contributed by atoms with van der Waals surface area (Å²) in [6.07, 6.45) is 1.93. The highest BCUT2D eigenvalue weighted by molar-refractivity contribution is 7.13. The molecule has 3 aromatic rings. The van der Waals surface area contributed by atoms with Crippen LogP contribution in [0.5, 0.6) is 0 Å². The largest absolute Gasteiger partial charge is 0.338 e. The Bertz CT molecular complexity index is 937. The van der Waals surface area contributed by atoms with E-state index in [1.54, 1.807) is 18.2 Å². The third-order valence-electron chi connectivity index (χ3n) is 4.73. The summed E-state index contributed by atoms with van der Waals surface area (Å²) in [7, 11) is 0. The highest BCUT2D eigenvalue weighted by Crippen LogP contribution is 2.26. The first-order valence-corrected chi connectivity index (χ1v) is 9.62. The number of carbonyl (C=O) groups excluding carboxylic acids is 1. The minimum absolute atomic E-state index is 0.153. The minimum Gasteiger partial charge on any atom is -0.338 e. The molecular weight excluding hydrogens is 347 g/mol. The van der Waals surface area contributed by atoms with Gasteiger partial charge in [-0.2, -0.15) is 0 Å². The van der Waals surface area contributed by atoms with Crippen molar-refractivity contribution in [2.24, 2.45) is 0 Å². The van der Waals surface area contributed by atoms with Gasteiger partial charge in [-0.05, 0) is 36.1 Å². The van der Waals surface area contributed by atoms with Gasteiger partial charge in [-0.3, -0.25) is 4.79 Å². The number of nitrogens with zero attached hydrogens (tertiary/aromatic N) is 2. The molecule has 3 nitrogen and oxygen atoms in total. The maximum atomic E-state index is 13.9. The Balaban J connectivity index is 1.38. The highest BCUT2D eigenvalue weighted by atomic mass is 32.1. The van der Waals surface area contributed by atoms with Gasteiger partial charge in [-0.25, -0.2) is 9.37 Å². The summed E-state index contributed by atoms with van der Waals surface area (Å²) in [5.74, 6) is -0.114. The van der Waals surface area contributed by atoms with Gasteiger partial charge in [0.25, 0.3) is 0 Å². The lowest BCUT2D eigenvalue weighted by Gasteiger charge is -2.28. The lowest BCUT2D eigenvalue weighted by atomic mass is 9.99. The van der Waals surface area contributed by atoms with Crippen LogP contribution in [-0.2, 0) is 24.2 Å². The van der Waals surface area contributed by atoms with Crippen LogP contribution in [0.25, 0.3) is 10.6 Å². The van der Waals surface area contributed by atoms with E-state index in [4.69, 9.17) is 0 Å². The predicted octanol–water partition coefficient (Wildman–Crippen LogP) is 4.47. The summed E-state index contributed by atoms with van der Waals surface area (Å²) in [5, 5.41) is 2.58. The number of hydrogen-bond donors (Lipinski definition) is 0. The zero-order chi connectivity index (χ0) is 17.9. The Morgan fingerprint density at radius 1 is 1.12 bits per heavy atom. The van der Waals surface area contributed by atoms with E-state index in [0.29, 0.717) is 30.0 Å².